The number of hydrogen-bond donors (Lipinski definition) is 2. The highest BCUT2D eigenvalue weighted by Gasteiger charge is 2.46. The summed E-state index contributed by atoms with van der Waals surface area (Å²) in [4.78, 5) is 25.9. The van der Waals surface area contributed by atoms with Crippen LogP contribution in [0.15, 0.2) is 49.2 Å². The van der Waals surface area contributed by atoms with E-state index in [4.69, 9.17) is 0 Å². The standard InChI is InChI=1S/C25H28N8O/c1-5-6-21(20-7-10-27-18(20)4)19-11-30-33(14-19)25(8-9-26)15-32(16-25)23-13-28-22(12-29-23)24(34)31-17(2)3/h5-7,10-14,17,27H,4,8,15-16H2,1-3H3,(H,31,34)/b6-5-,21-20+. The Morgan fingerprint density at radius 1 is 1.35 bits per heavy atom. The van der Waals surface area contributed by atoms with E-state index in [1.807, 2.05) is 67.2 Å². The number of aromatic nitrogens is 5. The SMILES string of the molecule is C=c1[nH]cc/c1=C(/C=C\C)c1cnn(C2(CC#N)CN(c3cnc(C(=O)NC(C)C)cn3)C2)c1. The van der Waals surface area contributed by atoms with E-state index in [1.54, 1.807) is 6.20 Å². The zero-order chi connectivity index (χ0) is 24.3. The molecule has 3 aromatic heterocycles. The van der Waals surface area contributed by atoms with Crippen molar-refractivity contribution in [1.29, 1.82) is 5.26 Å². The molecule has 4 heterocycles. The summed E-state index contributed by atoms with van der Waals surface area (Å²) < 4.78 is 1.89. The summed E-state index contributed by atoms with van der Waals surface area (Å²) in [5, 5.41) is 18.8. The number of anilines is 1. The molecule has 1 amide bonds. The van der Waals surface area contributed by atoms with Gasteiger partial charge in [0.15, 0.2) is 0 Å². The molecule has 0 unspecified atom stereocenters. The average Bonchev–Trinajstić information content (AvgIpc) is 3.44. The highest BCUT2D eigenvalue weighted by molar-refractivity contribution is 5.92. The van der Waals surface area contributed by atoms with Gasteiger partial charge in [-0.2, -0.15) is 10.4 Å². The van der Waals surface area contributed by atoms with Gasteiger partial charge >= 0.3 is 0 Å². The number of amides is 1. The molecule has 4 rings (SSSR count). The molecule has 1 saturated heterocycles. The maximum Gasteiger partial charge on any atom is 0.271 e. The zero-order valence-electron chi connectivity index (χ0n) is 19.6. The highest BCUT2D eigenvalue weighted by atomic mass is 16.1. The topological polar surface area (TPSA) is 116 Å². The van der Waals surface area contributed by atoms with Crippen molar-refractivity contribution >= 4 is 23.9 Å². The second kappa shape index (κ2) is 9.35. The highest BCUT2D eigenvalue weighted by Crippen LogP contribution is 2.35. The van der Waals surface area contributed by atoms with E-state index >= 15 is 0 Å². The summed E-state index contributed by atoms with van der Waals surface area (Å²) in [6, 6.07) is 4.33. The molecule has 0 bridgehead atoms. The van der Waals surface area contributed by atoms with Crippen LogP contribution >= 0.6 is 0 Å². The van der Waals surface area contributed by atoms with Gasteiger partial charge in [-0.3, -0.25) is 9.48 Å². The molecule has 9 nitrogen and oxygen atoms in total. The van der Waals surface area contributed by atoms with E-state index in [-0.39, 0.29) is 17.6 Å². The lowest BCUT2D eigenvalue weighted by molar-refractivity contribution is 0.0937. The molecule has 1 aliphatic heterocycles. The number of nitrogens with one attached hydrogen (secondary N) is 2. The first-order chi connectivity index (χ1) is 16.4. The Morgan fingerprint density at radius 3 is 2.74 bits per heavy atom. The maximum atomic E-state index is 12.1. The van der Waals surface area contributed by atoms with Crippen molar-refractivity contribution in [3.8, 4) is 6.07 Å². The molecular formula is C25H28N8O. The molecule has 0 saturated carbocycles. The van der Waals surface area contributed by atoms with Crippen LogP contribution in [0.4, 0.5) is 5.82 Å². The van der Waals surface area contributed by atoms with Crippen LogP contribution < -0.4 is 20.8 Å². The first-order valence-electron chi connectivity index (χ1n) is 11.2. The van der Waals surface area contributed by atoms with Crippen molar-refractivity contribution in [1.82, 2.24) is 30.0 Å². The van der Waals surface area contributed by atoms with Gasteiger partial charge in [-0.05, 0) is 32.4 Å². The molecule has 1 fully saturated rings. The number of hydrogen-bond acceptors (Lipinski definition) is 6. The molecule has 2 N–H and O–H groups in total. The summed E-state index contributed by atoms with van der Waals surface area (Å²) in [6.07, 6.45) is 13.1. The van der Waals surface area contributed by atoms with Crippen LogP contribution in [0.3, 0.4) is 0 Å². The molecule has 0 aromatic carbocycles. The van der Waals surface area contributed by atoms with Crippen LogP contribution in [0.25, 0.3) is 12.2 Å². The second-order valence-electron chi connectivity index (χ2n) is 8.76. The van der Waals surface area contributed by atoms with Gasteiger partial charge in [0.25, 0.3) is 5.91 Å². The molecule has 9 heteroatoms. The van der Waals surface area contributed by atoms with Crippen molar-refractivity contribution in [2.45, 2.75) is 38.8 Å². The van der Waals surface area contributed by atoms with Crippen LogP contribution in [0, 0.1) is 11.3 Å². The van der Waals surface area contributed by atoms with Gasteiger partial charge in [0, 0.05) is 47.7 Å². The van der Waals surface area contributed by atoms with Gasteiger partial charge in [0.1, 0.15) is 17.1 Å². The first-order valence-corrected chi connectivity index (χ1v) is 11.2. The molecule has 34 heavy (non-hydrogen) atoms. The first kappa shape index (κ1) is 23.0. The van der Waals surface area contributed by atoms with Crippen molar-refractivity contribution in [2.75, 3.05) is 18.0 Å². The van der Waals surface area contributed by atoms with Crippen molar-refractivity contribution in [2.24, 2.45) is 0 Å². The summed E-state index contributed by atoms with van der Waals surface area (Å²) in [5.41, 5.74) is 1.79. The van der Waals surface area contributed by atoms with Gasteiger partial charge in [-0.15, -0.1) is 0 Å². The fraction of sp³-hybridized carbons (Fsp3) is 0.320. The van der Waals surface area contributed by atoms with Gasteiger partial charge in [-0.25, -0.2) is 9.97 Å². The lowest BCUT2D eigenvalue weighted by Crippen LogP contribution is -2.63. The third kappa shape index (κ3) is 4.35. The number of rotatable bonds is 7. The second-order valence-corrected chi connectivity index (χ2v) is 8.76. The summed E-state index contributed by atoms with van der Waals surface area (Å²) in [5.74, 6) is 0.416. The van der Waals surface area contributed by atoms with Gasteiger partial charge in [0.05, 0.1) is 31.1 Å². The van der Waals surface area contributed by atoms with Crippen LogP contribution in [0.2, 0.25) is 0 Å². The van der Waals surface area contributed by atoms with Crippen molar-refractivity contribution in [3.63, 3.8) is 0 Å². The minimum atomic E-state index is -0.463. The number of carbonyl (C=O) groups is 1. The van der Waals surface area contributed by atoms with Crippen LogP contribution in [-0.4, -0.2) is 49.8 Å². The van der Waals surface area contributed by atoms with E-state index in [0.29, 0.717) is 25.3 Å². The van der Waals surface area contributed by atoms with Gasteiger partial charge in [-0.1, -0.05) is 18.7 Å². The van der Waals surface area contributed by atoms with Crippen molar-refractivity contribution < 1.29 is 4.79 Å². The Kier molecular flexibility index (Phi) is 6.32. The maximum absolute atomic E-state index is 12.1. The fourth-order valence-corrected chi connectivity index (χ4v) is 4.13. The number of H-pyrrole nitrogens is 1. The Morgan fingerprint density at radius 2 is 2.15 bits per heavy atom. The molecule has 0 spiro atoms. The van der Waals surface area contributed by atoms with Crippen LogP contribution in [-0.2, 0) is 5.54 Å². The largest absolute Gasteiger partial charge is 0.362 e. The minimum absolute atomic E-state index is 0.0259. The van der Waals surface area contributed by atoms with Crippen LogP contribution in [0.1, 0.15) is 43.2 Å². The molecule has 0 radical (unpaired) electrons. The predicted octanol–water partition coefficient (Wildman–Crippen LogP) is 1.45. The predicted molar refractivity (Wildman–Crippen MR) is 130 cm³/mol. The lowest BCUT2D eigenvalue weighted by Gasteiger charge is -2.49. The van der Waals surface area contributed by atoms with E-state index in [9.17, 15) is 10.1 Å². The molecular weight excluding hydrogens is 428 g/mol. The summed E-state index contributed by atoms with van der Waals surface area (Å²) in [6.45, 7) is 11.0. The average molecular weight is 457 g/mol. The lowest BCUT2D eigenvalue weighted by atomic mass is 9.87. The van der Waals surface area contributed by atoms with E-state index in [2.05, 4.69) is 38.0 Å². The third-order valence-corrected chi connectivity index (χ3v) is 5.83. The van der Waals surface area contributed by atoms with E-state index in [1.165, 1.54) is 6.20 Å². The number of nitrogens with zero attached hydrogens (tertiary/aromatic N) is 6. The Balaban J connectivity index is 1.57. The molecule has 0 atom stereocenters. The zero-order valence-corrected chi connectivity index (χ0v) is 19.6. The van der Waals surface area contributed by atoms with Crippen LogP contribution in [0.5, 0.6) is 0 Å². The molecule has 174 valence electrons. The summed E-state index contributed by atoms with van der Waals surface area (Å²) >= 11 is 0. The summed E-state index contributed by atoms with van der Waals surface area (Å²) in [7, 11) is 0. The Labute approximate surface area is 198 Å². The quantitative estimate of drug-likeness (QED) is 0.556. The normalized spacial score (nSPS) is 15.8. The number of allylic oxidation sites excluding steroid dienone is 2. The minimum Gasteiger partial charge on any atom is -0.362 e. The number of carbonyl (C=O) groups excluding carboxylic acids is 1. The smallest absolute Gasteiger partial charge is 0.271 e. The number of nitriles is 1. The third-order valence-electron chi connectivity index (χ3n) is 5.83. The number of aromatic amines is 1. The molecule has 3 aromatic rings. The van der Waals surface area contributed by atoms with Crippen molar-refractivity contribution in [3.05, 3.63) is 71.0 Å². The Hall–Kier alpha value is -4.19. The molecule has 1 aliphatic rings. The fourth-order valence-electron chi connectivity index (χ4n) is 4.13. The molecule has 0 aliphatic carbocycles. The monoisotopic (exact) mass is 456 g/mol. The van der Waals surface area contributed by atoms with E-state index < -0.39 is 5.54 Å². The Bertz CT molecular complexity index is 1350. The van der Waals surface area contributed by atoms with E-state index in [0.717, 1.165) is 21.7 Å². The van der Waals surface area contributed by atoms with Gasteiger partial charge < -0.3 is 15.2 Å². The van der Waals surface area contributed by atoms with Gasteiger partial charge in [0.2, 0.25) is 0 Å².